The number of benzene rings is 1. The van der Waals surface area contributed by atoms with Gasteiger partial charge in [0.2, 0.25) is 0 Å². The number of hydrogen-bond acceptors (Lipinski definition) is 3. The molecular formula is C17H25ClN2S. The fraction of sp³-hybridized carbons (Fsp3) is 0.529. The van der Waals surface area contributed by atoms with E-state index in [1.807, 2.05) is 6.07 Å². The Labute approximate surface area is 137 Å². The van der Waals surface area contributed by atoms with Gasteiger partial charge in [0.05, 0.1) is 5.02 Å². The topological polar surface area (TPSA) is 15.3 Å². The monoisotopic (exact) mass is 324 g/mol. The van der Waals surface area contributed by atoms with Gasteiger partial charge in [-0.05, 0) is 33.8 Å². The van der Waals surface area contributed by atoms with E-state index in [1.54, 1.807) is 11.3 Å². The van der Waals surface area contributed by atoms with E-state index in [2.05, 4.69) is 56.1 Å². The third-order valence-electron chi connectivity index (χ3n) is 3.76. The van der Waals surface area contributed by atoms with Gasteiger partial charge in [0, 0.05) is 46.7 Å². The van der Waals surface area contributed by atoms with Crippen LogP contribution in [0.15, 0.2) is 24.3 Å². The molecule has 0 amide bonds. The van der Waals surface area contributed by atoms with Crippen LogP contribution in [0, 0.1) is 0 Å². The van der Waals surface area contributed by atoms with Crippen molar-refractivity contribution in [2.24, 2.45) is 0 Å². The molecule has 1 heterocycles. The molecule has 0 aliphatic heterocycles. The first-order valence-electron chi connectivity index (χ1n) is 7.63. The normalized spacial score (nSPS) is 12.2. The molecule has 0 atom stereocenters. The quantitative estimate of drug-likeness (QED) is 0.738. The smallest absolute Gasteiger partial charge is 0.0636 e. The van der Waals surface area contributed by atoms with E-state index in [0.29, 0.717) is 12.1 Å². The Hall–Kier alpha value is -0.610. The fourth-order valence-corrected chi connectivity index (χ4v) is 4.17. The first-order chi connectivity index (χ1) is 10.0. The highest BCUT2D eigenvalue weighted by atomic mass is 35.5. The summed E-state index contributed by atoms with van der Waals surface area (Å²) in [6.45, 7) is 11.9. The molecule has 2 nitrogen and oxygen atoms in total. The van der Waals surface area contributed by atoms with Gasteiger partial charge in [0.15, 0.2) is 0 Å². The summed E-state index contributed by atoms with van der Waals surface area (Å²) in [7, 11) is 0. The molecule has 0 saturated heterocycles. The minimum atomic E-state index is 0.583. The van der Waals surface area contributed by atoms with Crippen LogP contribution in [0.4, 0.5) is 0 Å². The maximum atomic E-state index is 6.46. The van der Waals surface area contributed by atoms with Crippen molar-refractivity contribution < 1.29 is 0 Å². The minimum absolute atomic E-state index is 0.583. The summed E-state index contributed by atoms with van der Waals surface area (Å²) in [5.74, 6) is 0. The van der Waals surface area contributed by atoms with Gasteiger partial charge in [0.1, 0.15) is 0 Å². The second-order valence-corrected chi connectivity index (χ2v) is 7.45. The zero-order valence-corrected chi connectivity index (χ0v) is 14.9. The highest BCUT2D eigenvalue weighted by molar-refractivity contribution is 7.19. The average molecular weight is 325 g/mol. The zero-order chi connectivity index (χ0) is 15.4. The van der Waals surface area contributed by atoms with Crippen LogP contribution in [0.25, 0.3) is 10.1 Å². The number of rotatable bonds is 7. The summed E-state index contributed by atoms with van der Waals surface area (Å²) in [4.78, 5) is 3.73. The van der Waals surface area contributed by atoms with Crippen LogP contribution in [0.1, 0.15) is 32.6 Å². The van der Waals surface area contributed by atoms with Crippen LogP contribution in [0.3, 0.4) is 0 Å². The van der Waals surface area contributed by atoms with Crippen molar-refractivity contribution in [1.29, 1.82) is 0 Å². The van der Waals surface area contributed by atoms with Gasteiger partial charge >= 0.3 is 0 Å². The molecule has 116 valence electrons. The Balaban J connectivity index is 1.89. The summed E-state index contributed by atoms with van der Waals surface area (Å²) in [5.41, 5.74) is 0. The van der Waals surface area contributed by atoms with Crippen molar-refractivity contribution in [3.63, 3.8) is 0 Å². The first-order valence-corrected chi connectivity index (χ1v) is 8.82. The lowest BCUT2D eigenvalue weighted by atomic mass is 10.2. The lowest BCUT2D eigenvalue weighted by Gasteiger charge is -2.30. The number of thiophene rings is 1. The second-order valence-electron chi connectivity index (χ2n) is 5.94. The molecule has 1 aromatic heterocycles. The molecule has 0 spiro atoms. The SMILES string of the molecule is CC(C)N(CCNCc1sc2ccccc2c1Cl)C(C)C. The van der Waals surface area contributed by atoms with Gasteiger partial charge in [0.25, 0.3) is 0 Å². The summed E-state index contributed by atoms with van der Waals surface area (Å²) >= 11 is 8.25. The van der Waals surface area contributed by atoms with Gasteiger partial charge in [-0.3, -0.25) is 4.90 Å². The third kappa shape index (κ3) is 4.19. The lowest BCUT2D eigenvalue weighted by Crippen LogP contribution is -2.41. The molecule has 1 aromatic carbocycles. The van der Waals surface area contributed by atoms with Gasteiger partial charge < -0.3 is 5.32 Å². The summed E-state index contributed by atoms with van der Waals surface area (Å²) in [5, 5.41) is 5.61. The fourth-order valence-electron chi connectivity index (χ4n) is 2.70. The van der Waals surface area contributed by atoms with Crippen LogP contribution >= 0.6 is 22.9 Å². The van der Waals surface area contributed by atoms with E-state index in [0.717, 1.165) is 24.7 Å². The Morgan fingerprint density at radius 2 is 1.81 bits per heavy atom. The number of halogens is 1. The van der Waals surface area contributed by atoms with Crippen molar-refractivity contribution in [3.8, 4) is 0 Å². The third-order valence-corrected chi connectivity index (χ3v) is 5.47. The second kappa shape index (κ2) is 7.59. The number of nitrogens with zero attached hydrogens (tertiary/aromatic N) is 1. The van der Waals surface area contributed by atoms with Crippen molar-refractivity contribution in [3.05, 3.63) is 34.2 Å². The Kier molecular flexibility index (Phi) is 6.06. The van der Waals surface area contributed by atoms with Crippen LogP contribution in [-0.2, 0) is 6.54 Å². The van der Waals surface area contributed by atoms with Crippen LogP contribution < -0.4 is 5.32 Å². The van der Waals surface area contributed by atoms with E-state index >= 15 is 0 Å². The van der Waals surface area contributed by atoms with Crippen molar-refractivity contribution in [2.75, 3.05) is 13.1 Å². The van der Waals surface area contributed by atoms with Crippen molar-refractivity contribution in [2.45, 2.75) is 46.3 Å². The molecule has 1 N–H and O–H groups in total. The summed E-state index contributed by atoms with van der Waals surface area (Å²) < 4.78 is 1.27. The first kappa shape index (κ1) is 16.8. The van der Waals surface area contributed by atoms with E-state index in [-0.39, 0.29) is 0 Å². The molecular weight excluding hydrogens is 300 g/mol. The molecule has 0 unspecified atom stereocenters. The van der Waals surface area contributed by atoms with Crippen LogP contribution in [-0.4, -0.2) is 30.1 Å². The van der Waals surface area contributed by atoms with Gasteiger partial charge in [-0.15, -0.1) is 11.3 Å². The molecule has 21 heavy (non-hydrogen) atoms. The largest absolute Gasteiger partial charge is 0.311 e. The number of hydrogen-bond donors (Lipinski definition) is 1. The molecule has 0 aliphatic rings. The van der Waals surface area contributed by atoms with Crippen molar-refractivity contribution in [1.82, 2.24) is 10.2 Å². The van der Waals surface area contributed by atoms with Gasteiger partial charge in [-0.25, -0.2) is 0 Å². The molecule has 0 bridgehead atoms. The minimum Gasteiger partial charge on any atom is -0.311 e. The predicted octanol–water partition coefficient (Wildman–Crippen LogP) is 4.76. The van der Waals surface area contributed by atoms with Crippen molar-refractivity contribution >= 4 is 33.0 Å². The van der Waals surface area contributed by atoms with E-state index in [1.165, 1.54) is 15.0 Å². The molecule has 0 saturated carbocycles. The van der Waals surface area contributed by atoms with E-state index in [4.69, 9.17) is 11.6 Å². The summed E-state index contributed by atoms with van der Waals surface area (Å²) in [6.07, 6.45) is 0. The highest BCUT2D eigenvalue weighted by Crippen LogP contribution is 2.34. The number of fused-ring (bicyclic) bond motifs is 1. The van der Waals surface area contributed by atoms with Crippen LogP contribution in [0.2, 0.25) is 5.02 Å². The Morgan fingerprint density at radius 1 is 1.14 bits per heavy atom. The maximum Gasteiger partial charge on any atom is 0.0636 e. The van der Waals surface area contributed by atoms with Gasteiger partial charge in [-0.2, -0.15) is 0 Å². The van der Waals surface area contributed by atoms with Gasteiger partial charge in [-0.1, -0.05) is 29.8 Å². The van der Waals surface area contributed by atoms with E-state index in [9.17, 15) is 0 Å². The lowest BCUT2D eigenvalue weighted by molar-refractivity contribution is 0.176. The molecule has 2 rings (SSSR count). The Bertz CT molecular complexity index is 569. The molecule has 0 fully saturated rings. The Morgan fingerprint density at radius 3 is 2.43 bits per heavy atom. The molecule has 0 radical (unpaired) electrons. The number of nitrogens with one attached hydrogen (secondary N) is 1. The zero-order valence-electron chi connectivity index (χ0n) is 13.3. The predicted molar refractivity (Wildman–Crippen MR) is 95.5 cm³/mol. The average Bonchev–Trinajstić information content (AvgIpc) is 2.75. The van der Waals surface area contributed by atoms with Crippen LogP contribution in [0.5, 0.6) is 0 Å². The maximum absolute atomic E-state index is 6.46. The standard InChI is InChI=1S/C17H25ClN2S/c1-12(2)20(13(3)4)10-9-19-11-16-17(18)14-7-5-6-8-15(14)21-16/h5-8,12-13,19H,9-11H2,1-4H3. The van der Waals surface area contributed by atoms with E-state index < -0.39 is 0 Å². The molecule has 2 aromatic rings. The molecule has 0 aliphatic carbocycles. The molecule has 4 heteroatoms. The highest BCUT2D eigenvalue weighted by Gasteiger charge is 2.13. The summed E-state index contributed by atoms with van der Waals surface area (Å²) in [6, 6.07) is 9.50.